The van der Waals surface area contributed by atoms with Crippen LogP contribution in [0.25, 0.3) is 0 Å². The highest BCUT2D eigenvalue weighted by Gasteiger charge is 2.50. The van der Waals surface area contributed by atoms with Crippen molar-refractivity contribution in [2.45, 2.75) is 94.1 Å². The minimum Gasteiger partial charge on any atom is -0.456 e. The lowest BCUT2D eigenvalue weighted by atomic mass is 9.81. The number of nitrogens with one attached hydrogen (secondary N) is 1. The van der Waals surface area contributed by atoms with Crippen molar-refractivity contribution < 1.29 is 167 Å². The van der Waals surface area contributed by atoms with Crippen LogP contribution in [0.1, 0.15) is 57.8 Å². The number of hydrogen-bond donors (Lipinski definition) is 1. The molecule has 38 heteroatoms. The Morgan fingerprint density at radius 3 is 0.981 bits per heavy atom. The number of halogens is 12. The van der Waals surface area contributed by atoms with E-state index in [4.69, 9.17) is 71.1 Å². The molecule has 6 unspecified atom stereocenters. The lowest BCUT2D eigenvalue weighted by Gasteiger charge is -2.34. The van der Waals surface area contributed by atoms with Gasteiger partial charge in [-0.05, 0) is 12.8 Å². The normalized spacial score (nSPS) is 19.0. The maximum atomic E-state index is 14.4. The number of esters is 3. The fourth-order valence-corrected chi connectivity index (χ4v) is 10.2. The number of nitrogens with zero attached hydrogens (tertiary/aromatic N) is 1. The molecule has 6 atom stereocenters. The summed E-state index contributed by atoms with van der Waals surface area (Å²) in [5.74, 6) is -24.9. The van der Waals surface area contributed by atoms with Crippen LogP contribution in [-0.2, 0) is 105 Å². The first kappa shape index (κ1) is 88.6. The number of benzene rings is 2. The first-order valence-corrected chi connectivity index (χ1v) is 33.8. The summed E-state index contributed by atoms with van der Waals surface area (Å²) in [6.45, 7) is 2.41. The molecule has 3 fully saturated rings. The average molecular weight is 1520 g/mol. The van der Waals surface area contributed by atoms with Crippen LogP contribution < -0.4 is 14.8 Å². The molecule has 0 aromatic heterocycles. The topological polar surface area (TPSA) is 284 Å². The number of ether oxygens (including phenoxy) is 18. The number of hydrogen-bond acceptors (Lipinski definition) is 24. The Morgan fingerprint density at radius 1 is 0.385 bits per heavy atom. The van der Waals surface area contributed by atoms with Gasteiger partial charge in [-0.15, -0.1) is 0 Å². The van der Waals surface area contributed by atoms with E-state index < -0.39 is 190 Å². The molecule has 1 N–H and O–H groups in total. The molecule has 2 aromatic rings. The zero-order valence-electron chi connectivity index (χ0n) is 57.3. The summed E-state index contributed by atoms with van der Waals surface area (Å²) >= 11 is 0. The summed E-state index contributed by atoms with van der Waals surface area (Å²) in [4.78, 5) is 77.6. The second kappa shape index (κ2) is 50.6. The van der Waals surface area contributed by atoms with E-state index in [-0.39, 0.29) is 95.2 Å². The molecule has 1 heterocycles. The Bertz CT molecular complexity index is 2710. The third-order valence-electron chi connectivity index (χ3n) is 15.5. The fourth-order valence-electron chi connectivity index (χ4n) is 10.2. The monoisotopic (exact) mass is 1520 g/mol. The van der Waals surface area contributed by atoms with Crippen molar-refractivity contribution in [1.29, 1.82) is 0 Å². The Labute approximate surface area is 591 Å². The van der Waals surface area contributed by atoms with Gasteiger partial charge in [-0.2, -0.15) is 17.6 Å². The summed E-state index contributed by atoms with van der Waals surface area (Å²) < 4.78 is 265. The molecule has 592 valence electrons. The molecule has 3 aliphatic rings. The van der Waals surface area contributed by atoms with E-state index in [1.807, 2.05) is 0 Å². The quantitative estimate of drug-likeness (QED) is 0.0204. The number of carbonyl (C=O) groups excluding carboxylic acids is 6. The van der Waals surface area contributed by atoms with Crippen LogP contribution in [0.4, 0.5) is 52.7 Å². The van der Waals surface area contributed by atoms with Crippen molar-refractivity contribution in [2.75, 3.05) is 205 Å². The molecular weight excluding hydrogens is 1430 g/mol. The van der Waals surface area contributed by atoms with Crippen molar-refractivity contribution in [1.82, 2.24) is 10.2 Å². The maximum absolute atomic E-state index is 14.4. The minimum absolute atomic E-state index is 0.0356. The van der Waals surface area contributed by atoms with Gasteiger partial charge in [0.15, 0.2) is 41.7 Å². The van der Waals surface area contributed by atoms with Gasteiger partial charge in [-0.3, -0.25) is 33.7 Å². The number of alkyl halides is 4. The van der Waals surface area contributed by atoms with Crippen LogP contribution in [-0.4, -0.2) is 282 Å². The molecule has 0 spiro atoms. The molecule has 1 aliphatic heterocycles. The smallest absolute Gasteiger partial charge is 0.313 e. The fraction of sp³-hybridized carbons (Fsp3) is 0.727. The van der Waals surface area contributed by atoms with Gasteiger partial charge in [-0.25, -0.2) is 35.1 Å². The Morgan fingerprint density at radius 2 is 0.663 bits per heavy atom. The molecule has 0 radical (unpaired) electrons. The predicted molar refractivity (Wildman–Crippen MR) is 332 cm³/mol. The lowest BCUT2D eigenvalue weighted by molar-refractivity contribution is -0.169. The van der Waals surface area contributed by atoms with Crippen LogP contribution in [0.2, 0.25) is 0 Å². The molecule has 5 rings (SSSR count). The standard InChI is InChI=1S/C66H90F12N2O24/c67-45-37-46(68)56(74)61(55(45)73)102-52(82)6-11-99-40-66(41-100-12-7-53(83)103-62-57(75)47(69)38-48(70)58(62)76,42-101-13-8-54(84)104-63-59(77)49(71)39-50(72)60(63)78)79-51(81)5-10-87-15-17-89-19-21-91-23-25-93-27-29-95-31-33-97-35-36-98-34-32-96-30-28-94-26-24-92-22-20-90-18-16-88-14-9-80-64(85)43-3-1-2-4-44(43)65(80)86/h37-38,43-44,49-50,59-60,63H,1-36,39-42H2,(H,79,81). The molecule has 3 amide bonds. The van der Waals surface area contributed by atoms with Crippen LogP contribution in [0.3, 0.4) is 0 Å². The summed E-state index contributed by atoms with van der Waals surface area (Å²) in [5.41, 5.74) is -2.02. The van der Waals surface area contributed by atoms with Gasteiger partial charge in [-0.1, -0.05) is 12.8 Å². The van der Waals surface area contributed by atoms with Gasteiger partial charge < -0.3 is 90.6 Å². The number of carbonyl (C=O) groups is 6. The van der Waals surface area contributed by atoms with E-state index in [1.54, 1.807) is 0 Å². The van der Waals surface area contributed by atoms with Crippen molar-refractivity contribution in [3.8, 4) is 11.5 Å². The zero-order valence-corrected chi connectivity index (χ0v) is 57.3. The molecule has 1 saturated heterocycles. The highest BCUT2D eigenvalue weighted by Crippen LogP contribution is 2.38. The van der Waals surface area contributed by atoms with Gasteiger partial charge in [0.25, 0.3) is 0 Å². The molecule has 26 nitrogen and oxygen atoms in total. The summed E-state index contributed by atoms with van der Waals surface area (Å²) in [5, 5.41) is 2.52. The molecule has 2 aliphatic carbocycles. The number of fused-ring (bicyclic) bond motifs is 1. The van der Waals surface area contributed by atoms with Crippen LogP contribution in [0.15, 0.2) is 12.1 Å². The largest absolute Gasteiger partial charge is 0.456 e. The number of amides is 3. The van der Waals surface area contributed by atoms with Gasteiger partial charge in [0.2, 0.25) is 52.5 Å². The Kier molecular flexibility index (Phi) is 43.1. The minimum atomic E-state index is -2.72. The molecular formula is C66H90F12N2O24. The van der Waals surface area contributed by atoms with Crippen molar-refractivity contribution in [3.63, 3.8) is 0 Å². The Hall–Kier alpha value is -5.98. The van der Waals surface area contributed by atoms with Crippen molar-refractivity contribution in [3.05, 3.63) is 58.7 Å². The number of likely N-dealkylation sites (tertiary alicyclic amines) is 1. The first-order valence-electron chi connectivity index (χ1n) is 33.8. The summed E-state index contributed by atoms with van der Waals surface area (Å²) in [7, 11) is 0. The van der Waals surface area contributed by atoms with Crippen LogP contribution >= 0.6 is 0 Å². The highest BCUT2D eigenvalue weighted by atomic mass is 19.2. The van der Waals surface area contributed by atoms with E-state index in [1.165, 1.54) is 4.90 Å². The van der Waals surface area contributed by atoms with Gasteiger partial charge in [0.1, 0.15) is 17.9 Å². The van der Waals surface area contributed by atoms with Crippen molar-refractivity contribution in [2.24, 2.45) is 11.8 Å². The summed E-state index contributed by atoms with van der Waals surface area (Å²) in [6.07, 6.45) is -13.5. The maximum Gasteiger partial charge on any atom is 0.313 e. The van der Waals surface area contributed by atoms with Crippen LogP contribution in [0, 0.1) is 58.4 Å². The molecule has 2 saturated carbocycles. The lowest BCUT2D eigenvalue weighted by Crippen LogP contribution is -2.59. The zero-order chi connectivity index (χ0) is 75.5. The van der Waals surface area contributed by atoms with E-state index in [2.05, 4.69) is 19.5 Å². The predicted octanol–water partition coefficient (Wildman–Crippen LogP) is 5.82. The number of imide groups is 1. The van der Waals surface area contributed by atoms with E-state index in [0.29, 0.717) is 106 Å². The second-order valence-electron chi connectivity index (χ2n) is 23.3. The molecule has 2 aromatic carbocycles. The van der Waals surface area contributed by atoms with Crippen LogP contribution in [0.5, 0.6) is 11.5 Å². The van der Waals surface area contributed by atoms with E-state index in [0.717, 1.165) is 25.7 Å². The van der Waals surface area contributed by atoms with E-state index in [9.17, 15) is 81.5 Å². The molecule has 104 heavy (non-hydrogen) atoms. The third-order valence-corrected chi connectivity index (χ3v) is 15.5. The first-order chi connectivity index (χ1) is 50.1. The average Bonchev–Trinajstić information content (AvgIpc) is 1.61. The van der Waals surface area contributed by atoms with Crippen molar-refractivity contribution >= 4 is 35.6 Å². The summed E-state index contributed by atoms with van der Waals surface area (Å²) in [6, 6.07) is -0.283. The number of rotatable bonds is 58. The van der Waals surface area contributed by atoms with Gasteiger partial charge in [0.05, 0.1) is 236 Å². The highest BCUT2D eigenvalue weighted by molar-refractivity contribution is 6.05. The van der Waals surface area contributed by atoms with Gasteiger partial charge in [0, 0.05) is 25.0 Å². The van der Waals surface area contributed by atoms with E-state index >= 15 is 0 Å². The Balaban J connectivity index is 0.886. The third kappa shape index (κ3) is 32.6. The SMILES string of the molecule is O=C(CCOCCOCCOCCOCCOCCOCCOCCOCCOCCOCCOCCOCCN1C(=O)C2CCCCC2C1=O)NC(COCCC(=O)Oc1c(F)c(F)cc(F)c1F)(COCCC(=O)Oc1c(F)c(F)cc(F)c1F)COCCC(=O)OC1C(F)C(F)CC(F)C1F. The van der Waals surface area contributed by atoms with Gasteiger partial charge >= 0.3 is 17.9 Å². The second-order valence-corrected chi connectivity index (χ2v) is 23.3. The molecule has 0 bridgehead atoms.